The monoisotopic (exact) mass is 790 g/mol. The SMILES string of the molecule is c1ccc(-c2ccc(N(c3ccc4c5ccccc5n(-c5ccccc5-c5ccccc5)c4c3)c3cccc(-c4ccccc4)c3-c3ccccc3)cc2-c2ccccc2)cc1. The summed E-state index contributed by atoms with van der Waals surface area (Å²) >= 11 is 0. The first-order valence-electron chi connectivity index (χ1n) is 21.3. The fourth-order valence-corrected chi connectivity index (χ4v) is 9.21. The minimum absolute atomic E-state index is 1.06. The number of benzene rings is 10. The minimum Gasteiger partial charge on any atom is -0.310 e. The summed E-state index contributed by atoms with van der Waals surface area (Å²) < 4.78 is 2.46. The van der Waals surface area contributed by atoms with Crippen molar-refractivity contribution in [2.45, 2.75) is 0 Å². The Balaban J connectivity index is 1.22. The smallest absolute Gasteiger partial charge is 0.0562 e. The van der Waals surface area contributed by atoms with Crippen molar-refractivity contribution < 1.29 is 0 Å². The predicted molar refractivity (Wildman–Crippen MR) is 263 cm³/mol. The van der Waals surface area contributed by atoms with E-state index in [2.05, 4.69) is 264 Å². The van der Waals surface area contributed by atoms with Crippen LogP contribution in [0.2, 0.25) is 0 Å². The van der Waals surface area contributed by atoms with Gasteiger partial charge in [-0.1, -0.05) is 212 Å². The Morgan fingerprint density at radius 3 is 1.40 bits per heavy atom. The lowest BCUT2D eigenvalue weighted by Crippen LogP contribution is -2.12. The quantitative estimate of drug-likeness (QED) is 0.141. The van der Waals surface area contributed by atoms with Crippen LogP contribution < -0.4 is 4.90 Å². The molecule has 2 nitrogen and oxygen atoms in total. The second-order valence-electron chi connectivity index (χ2n) is 15.7. The molecule has 0 saturated carbocycles. The summed E-state index contributed by atoms with van der Waals surface area (Å²) in [6.07, 6.45) is 0. The number of anilines is 3. The van der Waals surface area contributed by atoms with Crippen LogP contribution in [-0.4, -0.2) is 4.57 Å². The fourth-order valence-electron chi connectivity index (χ4n) is 9.21. The maximum Gasteiger partial charge on any atom is 0.0562 e. The average Bonchev–Trinajstić information content (AvgIpc) is 3.69. The van der Waals surface area contributed by atoms with Crippen molar-refractivity contribution in [3.8, 4) is 61.3 Å². The zero-order valence-electron chi connectivity index (χ0n) is 34.1. The van der Waals surface area contributed by atoms with Crippen LogP contribution in [0.25, 0.3) is 83.1 Å². The Bertz CT molecular complexity index is 3320. The minimum atomic E-state index is 1.06. The molecular formula is C60H42N2. The first-order valence-corrected chi connectivity index (χ1v) is 21.3. The predicted octanol–water partition coefficient (Wildman–Crippen LogP) is 16.6. The molecule has 11 aromatic rings. The molecule has 0 fully saturated rings. The van der Waals surface area contributed by atoms with Crippen LogP contribution in [0.15, 0.2) is 255 Å². The molecule has 10 aromatic carbocycles. The first-order chi connectivity index (χ1) is 30.8. The van der Waals surface area contributed by atoms with Gasteiger partial charge in [0.25, 0.3) is 0 Å². The van der Waals surface area contributed by atoms with E-state index in [0.29, 0.717) is 0 Å². The van der Waals surface area contributed by atoms with Crippen LogP contribution in [0.5, 0.6) is 0 Å². The van der Waals surface area contributed by atoms with Crippen molar-refractivity contribution in [3.05, 3.63) is 255 Å². The van der Waals surface area contributed by atoms with Gasteiger partial charge in [0.2, 0.25) is 0 Å². The van der Waals surface area contributed by atoms with Gasteiger partial charge in [0.1, 0.15) is 0 Å². The third kappa shape index (κ3) is 6.65. The molecule has 0 aliphatic carbocycles. The summed E-state index contributed by atoms with van der Waals surface area (Å²) in [6, 6.07) is 92.2. The van der Waals surface area contributed by atoms with Crippen molar-refractivity contribution in [3.63, 3.8) is 0 Å². The molecule has 1 aromatic heterocycles. The lowest BCUT2D eigenvalue weighted by molar-refractivity contribution is 1.18. The van der Waals surface area contributed by atoms with Gasteiger partial charge in [0.05, 0.1) is 22.4 Å². The van der Waals surface area contributed by atoms with E-state index in [4.69, 9.17) is 0 Å². The molecule has 0 unspecified atom stereocenters. The van der Waals surface area contributed by atoms with Gasteiger partial charge in [-0.2, -0.15) is 0 Å². The number of hydrogen-bond donors (Lipinski definition) is 0. The standard InChI is InChI=1S/C60H42N2/c1-6-21-43(22-7-1)50-39-37-48(41-55(50)46-27-12-4-13-28-46)61(58-36-20-33-52(45-25-10-3-11-26-45)60(58)47-29-14-5-15-30-47)49-38-40-54-53-32-17-19-35-57(53)62(59(54)42-49)56-34-18-16-31-51(56)44-23-8-2-9-24-44/h1-42H. The van der Waals surface area contributed by atoms with E-state index in [9.17, 15) is 0 Å². The van der Waals surface area contributed by atoms with E-state index in [-0.39, 0.29) is 0 Å². The Labute approximate surface area is 362 Å². The van der Waals surface area contributed by atoms with Crippen LogP contribution in [0.4, 0.5) is 17.1 Å². The average molecular weight is 791 g/mol. The van der Waals surface area contributed by atoms with Crippen molar-refractivity contribution in [1.29, 1.82) is 0 Å². The Morgan fingerprint density at radius 1 is 0.274 bits per heavy atom. The highest BCUT2D eigenvalue weighted by Crippen LogP contribution is 2.48. The molecular weight excluding hydrogens is 749 g/mol. The molecule has 11 rings (SSSR count). The highest BCUT2D eigenvalue weighted by Gasteiger charge is 2.24. The summed E-state index contributed by atoms with van der Waals surface area (Å²) in [4.78, 5) is 2.47. The van der Waals surface area contributed by atoms with Gasteiger partial charge in [-0.15, -0.1) is 0 Å². The van der Waals surface area contributed by atoms with E-state index < -0.39 is 0 Å². The van der Waals surface area contributed by atoms with Crippen molar-refractivity contribution in [2.75, 3.05) is 4.90 Å². The van der Waals surface area contributed by atoms with Gasteiger partial charge in [-0.05, 0) is 87.0 Å². The Hall–Kier alpha value is -8.20. The zero-order valence-corrected chi connectivity index (χ0v) is 34.1. The summed E-state index contributed by atoms with van der Waals surface area (Å²) in [5.41, 5.74) is 18.4. The van der Waals surface area contributed by atoms with Gasteiger partial charge in [-0.25, -0.2) is 0 Å². The second kappa shape index (κ2) is 16.1. The summed E-state index contributed by atoms with van der Waals surface area (Å²) in [5, 5.41) is 2.43. The summed E-state index contributed by atoms with van der Waals surface area (Å²) in [6.45, 7) is 0. The van der Waals surface area contributed by atoms with E-state index >= 15 is 0 Å². The third-order valence-corrected chi connectivity index (χ3v) is 12.0. The van der Waals surface area contributed by atoms with Crippen LogP contribution in [0.3, 0.4) is 0 Å². The number of aromatic nitrogens is 1. The number of hydrogen-bond acceptors (Lipinski definition) is 1. The zero-order chi connectivity index (χ0) is 41.2. The van der Waals surface area contributed by atoms with E-state index in [0.717, 1.165) is 33.8 Å². The largest absolute Gasteiger partial charge is 0.310 e. The Kier molecular flexibility index (Phi) is 9.57. The van der Waals surface area contributed by atoms with Crippen molar-refractivity contribution in [1.82, 2.24) is 4.57 Å². The maximum absolute atomic E-state index is 2.47. The van der Waals surface area contributed by atoms with Gasteiger partial charge in [0.15, 0.2) is 0 Å². The fraction of sp³-hybridized carbons (Fsp3) is 0. The van der Waals surface area contributed by atoms with E-state index in [1.54, 1.807) is 0 Å². The molecule has 0 N–H and O–H groups in total. The van der Waals surface area contributed by atoms with Crippen LogP contribution >= 0.6 is 0 Å². The van der Waals surface area contributed by atoms with E-state index in [1.807, 2.05) is 0 Å². The molecule has 0 aliphatic heterocycles. The normalized spacial score (nSPS) is 11.2. The van der Waals surface area contributed by atoms with Crippen LogP contribution in [-0.2, 0) is 0 Å². The topological polar surface area (TPSA) is 8.17 Å². The number of para-hydroxylation sites is 2. The molecule has 0 amide bonds. The second-order valence-corrected chi connectivity index (χ2v) is 15.7. The molecule has 0 atom stereocenters. The molecule has 1 heterocycles. The number of fused-ring (bicyclic) bond motifs is 3. The van der Waals surface area contributed by atoms with Crippen LogP contribution in [0.1, 0.15) is 0 Å². The van der Waals surface area contributed by atoms with Crippen molar-refractivity contribution >= 4 is 38.9 Å². The third-order valence-electron chi connectivity index (χ3n) is 12.0. The van der Waals surface area contributed by atoms with Crippen molar-refractivity contribution in [2.24, 2.45) is 0 Å². The molecule has 62 heavy (non-hydrogen) atoms. The molecule has 0 saturated heterocycles. The lowest BCUT2D eigenvalue weighted by atomic mass is 9.91. The summed E-state index contributed by atoms with van der Waals surface area (Å²) in [7, 11) is 0. The van der Waals surface area contributed by atoms with Gasteiger partial charge < -0.3 is 9.47 Å². The number of rotatable bonds is 9. The molecule has 0 radical (unpaired) electrons. The lowest BCUT2D eigenvalue weighted by Gasteiger charge is -2.30. The molecule has 2 heteroatoms. The van der Waals surface area contributed by atoms with Crippen LogP contribution in [0, 0.1) is 0 Å². The van der Waals surface area contributed by atoms with Gasteiger partial charge in [0, 0.05) is 33.3 Å². The maximum atomic E-state index is 2.47. The highest BCUT2D eigenvalue weighted by atomic mass is 15.1. The van der Waals surface area contributed by atoms with E-state index in [1.165, 1.54) is 66.4 Å². The number of nitrogens with zero attached hydrogens (tertiary/aromatic N) is 2. The van der Waals surface area contributed by atoms with Gasteiger partial charge >= 0.3 is 0 Å². The first kappa shape index (κ1) is 36.8. The summed E-state index contributed by atoms with van der Waals surface area (Å²) in [5.74, 6) is 0. The molecule has 0 spiro atoms. The highest BCUT2D eigenvalue weighted by molar-refractivity contribution is 6.11. The van der Waals surface area contributed by atoms with Gasteiger partial charge in [-0.3, -0.25) is 0 Å². The molecule has 0 aliphatic rings. The molecule has 0 bridgehead atoms. The Morgan fingerprint density at radius 2 is 0.742 bits per heavy atom. The molecule has 292 valence electrons.